The molecule has 0 aliphatic heterocycles. The maximum atomic E-state index is 12.3. The van der Waals surface area contributed by atoms with Crippen LogP contribution in [0.15, 0.2) is 59.5 Å². The summed E-state index contributed by atoms with van der Waals surface area (Å²) in [6.45, 7) is 0.352. The van der Waals surface area contributed by atoms with E-state index >= 15 is 0 Å². The fraction of sp³-hybridized carbons (Fsp3) is 0.167. The third-order valence-corrected chi connectivity index (χ3v) is 3.91. The lowest BCUT2D eigenvalue weighted by Gasteiger charge is -2.17. The molecule has 7 heteroatoms. The molecule has 0 aliphatic rings. The first-order valence-corrected chi connectivity index (χ1v) is 8.36. The van der Waals surface area contributed by atoms with E-state index in [1.807, 2.05) is 30.3 Å². The third-order valence-electron chi connectivity index (χ3n) is 3.48. The predicted octanol–water partition coefficient (Wildman–Crippen LogP) is 3.06. The molecule has 25 heavy (non-hydrogen) atoms. The van der Waals surface area contributed by atoms with Gasteiger partial charge in [0.15, 0.2) is 0 Å². The van der Waals surface area contributed by atoms with E-state index in [4.69, 9.17) is 9.47 Å². The van der Waals surface area contributed by atoms with Crippen LogP contribution < -0.4 is 10.1 Å². The maximum Gasteiger partial charge on any atom is 0.289 e. The Hall–Kier alpha value is -2.51. The molecule has 1 aromatic carbocycles. The van der Waals surface area contributed by atoms with E-state index in [1.54, 1.807) is 24.7 Å². The van der Waals surface area contributed by atoms with Crippen molar-refractivity contribution in [2.45, 2.75) is 12.8 Å². The lowest BCUT2D eigenvalue weighted by atomic mass is 10.2. The number of carbonyl (C=O) groups excluding carboxylic acids is 1. The van der Waals surface area contributed by atoms with Crippen LogP contribution in [-0.2, 0) is 16.1 Å². The minimum Gasteiger partial charge on any atom is -0.455 e. The fourth-order valence-corrected chi connectivity index (χ4v) is 2.61. The zero-order chi connectivity index (χ0) is 17.6. The minimum atomic E-state index is -1.05. The van der Waals surface area contributed by atoms with Crippen LogP contribution in [0.1, 0.15) is 5.56 Å². The van der Waals surface area contributed by atoms with Gasteiger partial charge in [-0.1, -0.05) is 6.07 Å². The molecule has 2 heterocycles. The molecular weight excluding hydrogens is 386 g/mol. The highest BCUT2D eigenvalue weighted by Crippen LogP contribution is 2.23. The van der Waals surface area contributed by atoms with Crippen LogP contribution in [0.2, 0.25) is 0 Å². The first kappa shape index (κ1) is 17.3. The fourth-order valence-electron chi connectivity index (χ4n) is 2.26. The zero-order valence-electron chi connectivity index (χ0n) is 13.5. The van der Waals surface area contributed by atoms with Crippen LogP contribution in [0.25, 0.3) is 10.9 Å². The van der Waals surface area contributed by atoms with E-state index in [0.29, 0.717) is 12.3 Å². The number of pyridine rings is 2. The topological polar surface area (TPSA) is 73.3 Å². The molecule has 0 fully saturated rings. The number of carbonyl (C=O) groups is 1. The molecular formula is C18H16BrN3O3. The highest BCUT2D eigenvalue weighted by Gasteiger charge is 2.19. The molecule has 0 radical (unpaired) electrons. The van der Waals surface area contributed by atoms with Crippen molar-refractivity contribution in [1.29, 1.82) is 0 Å². The van der Waals surface area contributed by atoms with Gasteiger partial charge in [0, 0.05) is 42.1 Å². The number of nitrogens with one attached hydrogen (secondary N) is 1. The van der Waals surface area contributed by atoms with E-state index < -0.39 is 6.29 Å². The van der Waals surface area contributed by atoms with Crippen molar-refractivity contribution in [3.05, 3.63) is 65.0 Å². The number of hydrogen-bond donors (Lipinski definition) is 1. The summed E-state index contributed by atoms with van der Waals surface area (Å²) in [5, 5.41) is 3.67. The summed E-state index contributed by atoms with van der Waals surface area (Å²) in [4.78, 5) is 20.6. The van der Waals surface area contributed by atoms with Gasteiger partial charge in [0.2, 0.25) is 0 Å². The van der Waals surface area contributed by atoms with Crippen LogP contribution in [-0.4, -0.2) is 29.3 Å². The molecule has 1 amide bonds. The summed E-state index contributed by atoms with van der Waals surface area (Å²) >= 11 is 3.39. The van der Waals surface area contributed by atoms with Gasteiger partial charge >= 0.3 is 0 Å². The normalized spacial score (nSPS) is 11.9. The van der Waals surface area contributed by atoms with Crippen molar-refractivity contribution >= 4 is 32.7 Å². The Balaban J connectivity index is 1.67. The van der Waals surface area contributed by atoms with Crippen molar-refractivity contribution in [3.8, 4) is 5.75 Å². The Morgan fingerprint density at radius 2 is 2.16 bits per heavy atom. The van der Waals surface area contributed by atoms with Gasteiger partial charge in [0.25, 0.3) is 12.2 Å². The second-order valence-corrected chi connectivity index (χ2v) is 6.19. The van der Waals surface area contributed by atoms with Crippen molar-refractivity contribution in [1.82, 2.24) is 15.3 Å². The molecule has 1 atom stereocenters. The van der Waals surface area contributed by atoms with Gasteiger partial charge < -0.3 is 14.8 Å². The summed E-state index contributed by atoms with van der Waals surface area (Å²) in [7, 11) is 1.42. The molecule has 0 aliphatic carbocycles. The number of rotatable bonds is 6. The van der Waals surface area contributed by atoms with E-state index in [2.05, 4.69) is 31.2 Å². The van der Waals surface area contributed by atoms with Crippen molar-refractivity contribution < 1.29 is 14.3 Å². The zero-order valence-corrected chi connectivity index (χ0v) is 15.1. The van der Waals surface area contributed by atoms with Crippen LogP contribution >= 0.6 is 15.9 Å². The SMILES string of the molecule is COC(Oc1ccc2ncc(Br)cc2c1)C(=O)NCc1cccnc1. The lowest BCUT2D eigenvalue weighted by molar-refractivity contribution is -0.148. The Labute approximate surface area is 153 Å². The number of halogens is 1. The Bertz CT molecular complexity index is 874. The molecule has 6 nitrogen and oxygen atoms in total. The summed E-state index contributed by atoms with van der Waals surface area (Å²) in [5.41, 5.74) is 1.73. The van der Waals surface area contributed by atoms with Crippen molar-refractivity contribution in [2.75, 3.05) is 7.11 Å². The average Bonchev–Trinajstić information content (AvgIpc) is 2.64. The first-order chi connectivity index (χ1) is 12.2. The van der Waals surface area contributed by atoms with Gasteiger partial charge in [-0.2, -0.15) is 0 Å². The van der Waals surface area contributed by atoms with Crippen molar-refractivity contribution in [3.63, 3.8) is 0 Å². The number of ether oxygens (including phenoxy) is 2. The van der Waals surface area contributed by atoms with Crippen LogP contribution in [0, 0.1) is 0 Å². The molecule has 2 aromatic heterocycles. The van der Waals surface area contributed by atoms with Crippen LogP contribution in [0.3, 0.4) is 0 Å². The van der Waals surface area contributed by atoms with E-state index in [1.165, 1.54) is 7.11 Å². The molecule has 0 saturated heterocycles. The van der Waals surface area contributed by atoms with Gasteiger partial charge in [0.05, 0.1) is 5.52 Å². The molecule has 3 rings (SSSR count). The minimum absolute atomic E-state index is 0.352. The molecule has 0 saturated carbocycles. The Morgan fingerprint density at radius 1 is 1.28 bits per heavy atom. The highest BCUT2D eigenvalue weighted by molar-refractivity contribution is 9.10. The lowest BCUT2D eigenvalue weighted by Crippen LogP contribution is -2.39. The monoisotopic (exact) mass is 401 g/mol. The summed E-state index contributed by atoms with van der Waals surface area (Å²) < 4.78 is 11.7. The molecule has 1 unspecified atom stereocenters. The number of benzene rings is 1. The summed E-state index contributed by atoms with van der Waals surface area (Å²) in [5.74, 6) is 0.162. The molecule has 0 spiro atoms. The van der Waals surface area contributed by atoms with Crippen molar-refractivity contribution in [2.24, 2.45) is 0 Å². The highest BCUT2D eigenvalue weighted by atomic mass is 79.9. The van der Waals surface area contributed by atoms with Gasteiger partial charge in [-0.15, -0.1) is 0 Å². The van der Waals surface area contributed by atoms with E-state index in [-0.39, 0.29) is 5.91 Å². The maximum absolute atomic E-state index is 12.3. The quantitative estimate of drug-likeness (QED) is 0.642. The standard InChI is InChI=1S/C18H16BrN3O3/c1-24-18(17(23)22-10-12-3-2-6-20-9-12)25-15-4-5-16-13(8-15)7-14(19)11-21-16/h2-9,11,18H,10H2,1H3,(H,22,23). The second-order valence-electron chi connectivity index (χ2n) is 5.27. The van der Waals surface area contributed by atoms with Gasteiger partial charge in [-0.05, 0) is 51.8 Å². The number of hydrogen-bond acceptors (Lipinski definition) is 5. The molecule has 3 aromatic rings. The number of nitrogens with zero attached hydrogens (tertiary/aromatic N) is 2. The predicted molar refractivity (Wildman–Crippen MR) is 97.0 cm³/mol. The summed E-state index contributed by atoms with van der Waals surface area (Å²) in [6.07, 6.45) is 4.05. The molecule has 1 N–H and O–H groups in total. The average molecular weight is 402 g/mol. The Kier molecular flexibility index (Phi) is 5.57. The van der Waals surface area contributed by atoms with E-state index in [9.17, 15) is 4.79 Å². The van der Waals surface area contributed by atoms with Crippen LogP contribution in [0.4, 0.5) is 0 Å². The van der Waals surface area contributed by atoms with Gasteiger partial charge in [0.1, 0.15) is 5.75 Å². The number of methoxy groups -OCH3 is 1. The molecule has 128 valence electrons. The number of aromatic nitrogens is 2. The Morgan fingerprint density at radius 3 is 2.92 bits per heavy atom. The number of fused-ring (bicyclic) bond motifs is 1. The third kappa shape index (κ3) is 4.52. The summed E-state index contributed by atoms with van der Waals surface area (Å²) in [6, 6.07) is 11.0. The smallest absolute Gasteiger partial charge is 0.289 e. The first-order valence-electron chi connectivity index (χ1n) is 7.57. The second kappa shape index (κ2) is 8.04. The van der Waals surface area contributed by atoms with Gasteiger partial charge in [-0.25, -0.2) is 0 Å². The molecule has 0 bridgehead atoms. The van der Waals surface area contributed by atoms with Crippen LogP contribution in [0.5, 0.6) is 5.75 Å². The van der Waals surface area contributed by atoms with E-state index in [0.717, 1.165) is 20.9 Å². The van der Waals surface area contributed by atoms with Gasteiger partial charge in [-0.3, -0.25) is 14.8 Å². The largest absolute Gasteiger partial charge is 0.455 e. The number of amides is 1.